The number of hydrogen-bond acceptors (Lipinski definition) is 7. The molecule has 0 aliphatic heterocycles. The molecule has 0 aliphatic rings. The Morgan fingerprint density at radius 1 is 1.11 bits per heavy atom. The van der Waals surface area contributed by atoms with Crippen molar-refractivity contribution >= 4 is 16.8 Å². The molecule has 180 valence electrons. The van der Waals surface area contributed by atoms with E-state index in [2.05, 4.69) is 15.3 Å². The van der Waals surface area contributed by atoms with Crippen LogP contribution in [0.5, 0.6) is 11.6 Å². The number of carbonyl (C=O) groups is 1. The van der Waals surface area contributed by atoms with Gasteiger partial charge in [-0.1, -0.05) is 0 Å². The summed E-state index contributed by atoms with van der Waals surface area (Å²) in [6.07, 6.45) is 2.89. The topological polar surface area (TPSA) is 117 Å². The summed E-state index contributed by atoms with van der Waals surface area (Å²) in [6.45, 7) is 0.183. The number of nitrogens with zero attached hydrogens (tertiary/aromatic N) is 4. The summed E-state index contributed by atoms with van der Waals surface area (Å²) in [6, 6.07) is 10.2. The minimum absolute atomic E-state index is 0.0140. The number of ether oxygens (including phenoxy) is 2. The van der Waals surface area contributed by atoms with E-state index >= 15 is 0 Å². The highest BCUT2D eigenvalue weighted by molar-refractivity contribution is 5.95. The molecule has 0 unspecified atom stereocenters. The third-order valence-electron chi connectivity index (χ3n) is 5.33. The number of hydrogen-bond donors (Lipinski definition) is 1. The van der Waals surface area contributed by atoms with Crippen molar-refractivity contribution in [3.05, 3.63) is 92.8 Å². The molecule has 0 atom stereocenters. The number of benzene rings is 1. The Hall–Kier alpha value is -4.54. The van der Waals surface area contributed by atoms with Crippen molar-refractivity contribution in [3.8, 4) is 11.6 Å². The van der Waals surface area contributed by atoms with Crippen LogP contribution >= 0.6 is 0 Å². The van der Waals surface area contributed by atoms with Crippen LogP contribution in [-0.2, 0) is 20.1 Å². The van der Waals surface area contributed by atoms with E-state index in [0.29, 0.717) is 17.1 Å². The number of aromatic nitrogens is 4. The second-order valence-corrected chi connectivity index (χ2v) is 7.58. The van der Waals surface area contributed by atoms with Gasteiger partial charge >= 0.3 is 5.69 Å². The standard InChI is InChI=1S/C24H22FN5O5/c1-29-20-14-27-19(22(31)28-13-15-7-8-26-21(11-15)34-2)12-18(20)23(32)30(24(29)33)9-10-35-17-5-3-16(25)4-6-17/h3-8,11-12,14H,9-10,13H2,1-2H3,(H,28,31). The molecule has 10 nitrogen and oxygen atoms in total. The van der Waals surface area contributed by atoms with Crippen LogP contribution in [0, 0.1) is 5.82 Å². The fraction of sp³-hybridized carbons (Fsp3) is 0.208. The maximum absolute atomic E-state index is 13.1. The van der Waals surface area contributed by atoms with Crippen LogP contribution in [0.3, 0.4) is 0 Å². The Bertz CT molecular complexity index is 1500. The molecule has 3 heterocycles. The number of halogens is 1. The van der Waals surface area contributed by atoms with Crippen molar-refractivity contribution in [3.63, 3.8) is 0 Å². The van der Waals surface area contributed by atoms with Gasteiger partial charge in [-0.15, -0.1) is 0 Å². The first kappa shape index (κ1) is 23.6. The van der Waals surface area contributed by atoms with Crippen LogP contribution in [0.1, 0.15) is 16.1 Å². The van der Waals surface area contributed by atoms with Gasteiger partial charge in [-0.25, -0.2) is 19.2 Å². The first-order valence-electron chi connectivity index (χ1n) is 10.6. The molecule has 0 spiro atoms. The Morgan fingerprint density at radius 3 is 2.63 bits per heavy atom. The van der Waals surface area contributed by atoms with Gasteiger partial charge in [0.2, 0.25) is 5.88 Å². The van der Waals surface area contributed by atoms with Crippen molar-refractivity contribution in [1.82, 2.24) is 24.4 Å². The lowest BCUT2D eigenvalue weighted by molar-refractivity contribution is 0.0946. The summed E-state index contributed by atoms with van der Waals surface area (Å²) in [4.78, 5) is 46.6. The van der Waals surface area contributed by atoms with Crippen LogP contribution in [0.2, 0.25) is 0 Å². The van der Waals surface area contributed by atoms with Gasteiger partial charge in [-0.3, -0.25) is 18.7 Å². The van der Waals surface area contributed by atoms with Crippen molar-refractivity contribution in [1.29, 1.82) is 0 Å². The van der Waals surface area contributed by atoms with E-state index in [0.717, 1.165) is 10.1 Å². The Kier molecular flexibility index (Phi) is 6.86. The maximum Gasteiger partial charge on any atom is 0.331 e. The van der Waals surface area contributed by atoms with E-state index < -0.39 is 23.0 Å². The number of rotatable bonds is 8. The molecule has 0 saturated carbocycles. The highest BCUT2D eigenvalue weighted by Gasteiger charge is 2.15. The van der Waals surface area contributed by atoms with Gasteiger partial charge in [-0.05, 0) is 42.0 Å². The molecule has 35 heavy (non-hydrogen) atoms. The number of pyridine rings is 2. The van der Waals surface area contributed by atoms with Crippen LogP contribution in [0.15, 0.2) is 64.4 Å². The fourth-order valence-corrected chi connectivity index (χ4v) is 3.46. The number of carbonyl (C=O) groups excluding carboxylic acids is 1. The van der Waals surface area contributed by atoms with Crippen molar-refractivity contribution in [2.45, 2.75) is 13.1 Å². The number of fused-ring (bicyclic) bond motifs is 1. The smallest absolute Gasteiger partial charge is 0.331 e. The summed E-state index contributed by atoms with van der Waals surface area (Å²) in [7, 11) is 3.01. The number of aryl methyl sites for hydroxylation is 1. The van der Waals surface area contributed by atoms with Gasteiger partial charge in [0.15, 0.2) is 0 Å². The minimum atomic E-state index is -0.568. The summed E-state index contributed by atoms with van der Waals surface area (Å²) >= 11 is 0. The number of amides is 1. The van der Waals surface area contributed by atoms with E-state index in [1.165, 1.54) is 55.3 Å². The van der Waals surface area contributed by atoms with Crippen molar-refractivity contribution in [2.75, 3.05) is 13.7 Å². The van der Waals surface area contributed by atoms with Gasteiger partial charge in [0, 0.05) is 25.9 Å². The fourth-order valence-electron chi connectivity index (χ4n) is 3.46. The lowest BCUT2D eigenvalue weighted by Crippen LogP contribution is -2.40. The van der Waals surface area contributed by atoms with Crippen molar-refractivity contribution in [2.24, 2.45) is 7.05 Å². The maximum atomic E-state index is 13.1. The second kappa shape index (κ2) is 10.2. The quantitative estimate of drug-likeness (QED) is 0.408. The Labute approximate surface area is 198 Å². The monoisotopic (exact) mass is 479 g/mol. The molecule has 1 aromatic carbocycles. The average Bonchev–Trinajstić information content (AvgIpc) is 2.88. The van der Waals surface area contributed by atoms with Gasteiger partial charge in [-0.2, -0.15) is 0 Å². The predicted molar refractivity (Wildman–Crippen MR) is 125 cm³/mol. The summed E-state index contributed by atoms with van der Waals surface area (Å²) in [5.74, 6) is -0.0504. The largest absolute Gasteiger partial charge is 0.492 e. The van der Waals surface area contributed by atoms with Gasteiger partial charge in [0.1, 0.15) is 23.9 Å². The second-order valence-electron chi connectivity index (χ2n) is 7.58. The highest BCUT2D eigenvalue weighted by atomic mass is 19.1. The van der Waals surface area contributed by atoms with Crippen LogP contribution in [-0.4, -0.2) is 38.7 Å². The zero-order valence-electron chi connectivity index (χ0n) is 19.0. The Morgan fingerprint density at radius 2 is 1.89 bits per heavy atom. The van der Waals surface area contributed by atoms with Gasteiger partial charge in [0.05, 0.1) is 30.8 Å². The Balaban J connectivity index is 1.54. The van der Waals surface area contributed by atoms with Gasteiger partial charge < -0.3 is 14.8 Å². The predicted octanol–water partition coefficient (Wildman–Crippen LogP) is 1.65. The molecule has 1 amide bonds. The van der Waals surface area contributed by atoms with Crippen LogP contribution in [0.4, 0.5) is 4.39 Å². The molecular weight excluding hydrogens is 457 g/mol. The molecule has 0 bridgehead atoms. The van der Waals surface area contributed by atoms with E-state index in [1.807, 2.05) is 0 Å². The third kappa shape index (κ3) is 5.18. The molecule has 0 fully saturated rings. The first-order valence-corrected chi connectivity index (χ1v) is 10.6. The third-order valence-corrected chi connectivity index (χ3v) is 5.33. The van der Waals surface area contributed by atoms with E-state index in [4.69, 9.17) is 9.47 Å². The molecule has 1 N–H and O–H groups in total. The molecule has 3 aromatic heterocycles. The molecule has 11 heteroatoms. The minimum Gasteiger partial charge on any atom is -0.492 e. The van der Waals surface area contributed by atoms with Gasteiger partial charge in [0.25, 0.3) is 11.5 Å². The number of nitrogens with one attached hydrogen (secondary N) is 1. The molecule has 4 aromatic rings. The van der Waals surface area contributed by atoms with Crippen LogP contribution < -0.4 is 26.0 Å². The molecule has 0 radical (unpaired) electrons. The summed E-state index contributed by atoms with van der Waals surface area (Å²) in [5, 5.41) is 2.91. The lowest BCUT2D eigenvalue weighted by atomic mass is 10.2. The van der Waals surface area contributed by atoms with E-state index in [1.54, 1.807) is 18.3 Å². The SMILES string of the molecule is COc1cc(CNC(=O)c2cc3c(=O)n(CCOc4ccc(F)cc4)c(=O)n(C)c3cn2)ccn1. The van der Waals surface area contributed by atoms with Crippen LogP contribution in [0.25, 0.3) is 10.9 Å². The molecule has 4 rings (SSSR count). The van der Waals surface area contributed by atoms with E-state index in [-0.39, 0.29) is 30.8 Å². The number of methoxy groups -OCH3 is 1. The molecular formula is C24H22FN5O5. The average molecular weight is 479 g/mol. The lowest BCUT2D eigenvalue weighted by Gasteiger charge is -2.12. The first-order chi connectivity index (χ1) is 16.9. The summed E-state index contributed by atoms with van der Waals surface area (Å²) < 4.78 is 25.9. The molecule has 0 aliphatic carbocycles. The summed E-state index contributed by atoms with van der Waals surface area (Å²) in [5.41, 5.74) is -0.0108. The zero-order valence-corrected chi connectivity index (χ0v) is 19.0. The highest BCUT2D eigenvalue weighted by Crippen LogP contribution is 2.12. The molecule has 0 saturated heterocycles. The normalized spacial score (nSPS) is 10.8. The zero-order chi connectivity index (χ0) is 24.9. The van der Waals surface area contributed by atoms with E-state index in [9.17, 15) is 18.8 Å². The van der Waals surface area contributed by atoms with Crippen molar-refractivity contribution < 1.29 is 18.7 Å².